The summed E-state index contributed by atoms with van der Waals surface area (Å²) < 4.78 is 6.13. The SMILES string of the molecule is CN(Cc1ccccc1)Cc1cnc(-c2ccccc2C2CCCC2)o1. The van der Waals surface area contributed by atoms with Gasteiger partial charge in [0, 0.05) is 12.1 Å². The normalized spacial score (nSPS) is 15.0. The van der Waals surface area contributed by atoms with E-state index in [0.717, 1.165) is 30.3 Å². The fourth-order valence-corrected chi connectivity index (χ4v) is 4.01. The summed E-state index contributed by atoms with van der Waals surface area (Å²) in [5.74, 6) is 2.33. The first-order valence-corrected chi connectivity index (χ1v) is 9.56. The molecule has 134 valence electrons. The Labute approximate surface area is 155 Å². The molecular formula is C23H26N2O. The smallest absolute Gasteiger partial charge is 0.226 e. The van der Waals surface area contributed by atoms with Gasteiger partial charge in [0.25, 0.3) is 0 Å². The summed E-state index contributed by atoms with van der Waals surface area (Å²) in [6.07, 6.45) is 7.11. The molecule has 3 nitrogen and oxygen atoms in total. The van der Waals surface area contributed by atoms with Crippen molar-refractivity contribution < 1.29 is 4.42 Å². The average Bonchev–Trinajstić information content (AvgIpc) is 3.34. The maximum atomic E-state index is 6.13. The molecule has 3 aromatic rings. The number of aromatic nitrogens is 1. The van der Waals surface area contributed by atoms with Gasteiger partial charge in [-0.2, -0.15) is 0 Å². The molecule has 0 atom stereocenters. The standard InChI is InChI=1S/C23H26N2O/c1-25(16-18-9-3-2-4-10-18)17-20-15-24-23(26-20)22-14-8-7-13-21(22)19-11-5-6-12-19/h2-4,7-10,13-15,19H,5-6,11-12,16-17H2,1H3. The summed E-state index contributed by atoms with van der Waals surface area (Å²) in [6.45, 7) is 1.66. The molecule has 0 N–H and O–H groups in total. The van der Waals surface area contributed by atoms with E-state index >= 15 is 0 Å². The lowest BCUT2D eigenvalue weighted by Gasteiger charge is -2.15. The van der Waals surface area contributed by atoms with Gasteiger partial charge in [-0.15, -0.1) is 0 Å². The van der Waals surface area contributed by atoms with Crippen LogP contribution in [0, 0.1) is 0 Å². The van der Waals surface area contributed by atoms with Gasteiger partial charge >= 0.3 is 0 Å². The van der Waals surface area contributed by atoms with Crippen molar-refractivity contribution in [2.24, 2.45) is 0 Å². The first kappa shape index (κ1) is 17.0. The molecule has 0 unspecified atom stereocenters. The number of hydrogen-bond acceptors (Lipinski definition) is 3. The lowest BCUT2D eigenvalue weighted by molar-refractivity contribution is 0.289. The maximum Gasteiger partial charge on any atom is 0.226 e. The summed E-state index contributed by atoms with van der Waals surface area (Å²) in [4.78, 5) is 6.84. The molecule has 1 aliphatic rings. The molecule has 0 spiro atoms. The van der Waals surface area contributed by atoms with E-state index in [2.05, 4.69) is 65.5 Å². The largest absolute Gasteiger partial charge is 0.440 e. The summed E-state index contributed by atoms with van der Waals surface area (Å²) in [7, 11) is 2.11. The van der Waals surface area contributed by atoms with Gasteiger partial charge in [0.05, 0.1) is 12.7 Å². The molecule has 0 radical (unpaired) electrons. The predicted octanol–water partition coefficient (Wildman–Crippen LogP) is 5.63. The van der Waals surface area contributed by atoms with Gasteiger partial charge in [-0.25, -0.2) is 4.98 Å². The molecule has 1 fully saturated rings. The van der Waals surface area contributed by atoms with Gasteiger partial charge in [0.1, 0.15) is 5.76 Å². The second-order valence-electron chi connectivity index (χ2n) is 7.36. The Kier molecular flexibility index (Phi) is 5.16. The summed E-state index contributed by atoms with van der Waals surface area (Å²) in [6, 6.07) is 19.1. The van der Waals surface area contributed by atoms with E-state index in [4.69, 9.17) is 4.42 Å². The van der Waals surface area contributed by atoms with Crippen LogP contribution < -0.4 is 0 Å². The highest BCUT2D eigenvalue weighted by atomic mass is 16.4. The Morgan fingerprint density at radius 2 is 1.69 bits per heavy atom. The van der Waals surface area contributed by atoms with E-state index in [1.165, 1.54) is 36.8 Å². The maximum absolute atomic E-state index is 6.13. The van der Waals surface area contributed by atoms with Crippen molar-refractivity contribution in [2.75, 3.05) is 7.05 Å². The van der Waals surface area contributed by atoms with Gasteiger partial charge in [-0.1, -0.05) is 61.4 Å². The monoisotopic (exact) mass is 346 g/mol. The van der Waals surface area contributed by atoms with Crippen LogP contribution in [-0.2, 0) is 13.1 Å². The minimum atomic E-state index is 0.655. The zero-order valence-electron chi connectivity index (χ0n) is 15.4. The molecule has 2 aromatic carbocycles. The second kappa shape index (κ2) is 7.88. The summed E-state index contributed by atoms with van der Waals surface area (Å²) >= 11 is 0. The number of nitrogens with zero attached hydrogens (tertiary/aromatic N) is 2. The molecule has 0 bridgehead atoms. The molecule has 1 heterocycles. The Bertz CT molecular complexity index is 834. The van der Waals surface area contributed by atoms with Crippen molar-refractivity contribution in [3.8, 4) is 11.5 Å². The fourth-order valence-electron chi connectivity index (χ4n) is 4.01. The van der Waals surface area contributed by atoms with E-state index in [1.54, 1.807) is 0 Å². The lowest BCUT2D eigenvalue weighted by atomic mass is 9.93. The van der Waals surface area contributed by atoms with Crippen LogP contribution in [0.2, 0.25) is 0 Å². The Morgan fingerprint density at radius 3 is 2.50 bits per heavy atom. The number of hydrogen-bond donors (Lipinski definition) is 0. The molecule has 0 amide bonds. The fraction of sp³-hybridized carbons (Fsp3) is 0.348. The van der Waals surface area contributed by atoms with Gasteiger partial charge < -0.3 is 4.42 Å². The third-order valence-corrected chi connectivity index (χ3v) is 5.26. The van der Waals surface area contributed by atoms with E-state index in [1.807, 2.05) is 12.3 Å². The minimum absolute atomic E-state index is 0.655. The second-order valence-corrected chi connectivity index (χ2v) is 7.36. The van der Waals surface area contributed by atoms with Gasteiger partial charge in [-0.05, 0) is 43.0 Å². The zero-order valence-corrected chi connectivity index (χ0v) is 15.4. The molecular weight excluding hydrogens is 320 g/mol. The molecule has 1 aromatic heterocycles. The van der Waals surface area contributed by atoms with Crippen LogP contribution in [0.15, 0.2) is 65.2 Å². The van der Waals surface area contributed by atoms with Crippen molar-refractivity contribution in [1.29, 1.82) is 0 Å². The van der Waals surface area contributed by atoms with Crippen LogP contribution in [0.5, 0.6) is 0 Å². The Balaban J connectivity index is 1.48. The lowest BCUT2D eigenvalue weighted by Crippen LogP contribution is -2.16. The van der Waals surface area contributed by atoms with Gasteiger partial charge in [-0.3, -0.25) is 4.90 Å². The van der Waals surface area contributed by atoms with E-state index in [0.29, 0.717) is 5.92 Å². The van der Waals surface area contributed by atoms with Gasteiger partial charge in [0.2, 0.25) is 5.89 Å². The number of oxazole rings is 1. The van der Waals surface area contributed by atoms with Gasteiger partial charge in [0.15, 0.2) is 0 Å². The first-order valence-electron chi connectivity index (χ1n) is 9.56. The highest BCUT2D eigenvalue weighted by Crippen LogP contribution is 2.38. The molecule has 0 aliphatic heterocycles. The predicted molar refractivity (Wildman–Crippen MR) is 105 cm³/mol. The molecule has 26 heavy (non-hydrogen) atoms. The van der Waals surface area contributed by atoms with E-state index in [-0.39, 0.29) is 0 Å². The van der Waals surface area contributed by atoms with Crippen molar-refractivity contribution in [3.05, 3.63) is 77.7 Å². The molecule has 1 aliphatic carbocycles. The highest BCUT2D eigenvalue weighted by Gasteiger charge is 2.22. The summed E-state index contributed by atoms with van der Waals surface area (Å²) in [5, 5.41) is 0. The van der Waals surface area contributed by atoms with Crippen LogP contribution in [0.25, 0.3) is 11.5 Å². The van der Waals surface area contributed by atoms with E-state index < -0.39 is 0 Å². The van der Waals surface area contributed by atoms with E-state index in [9.17, 15) is 0 Å². The molecule has 0 saturated heterocycles. The van der Waals surface area contributed by atoms with Crippen molar-refractivity contribution in [2.45, 2.75) is 44.7 Å². The third kappa shape index (κ3) is 3.88. The van der Waals surface area contributed by atoms with Crippen molar-refractivity contribution >= 4 is 0 Å². The van der Waals surface area contributed by atoms with Crippen LogP contribution >= 0.6 is 0 Å². The number of rotatable bonds is 6. The van der Waals surface area contributed by atoms with Crippen LogP contribution in [-0.4, -0.2) is 16.9 Å². The van der Waals surface area contributed by atoms with Crippen molar-refractivity contribution in [1.82, 2.24) is 9.88 Å². The first-order chi connectivity index (χ1) is 12.8. The molecule has 4 rings (SSSR count). The van der Waals surface area contributed by atoms with Crippen LogP contribution in [0.1, 0.15) is 48.5 Å². The van der Waals surface area contributed by atoms with Crippen LogP contribution in [0.4, 0.5) is 0 Å². The quantitative estimate of drug-likeness (QED) is 0.579. The highest BCUT2D eigenvalue weighted by molar-refractivity contribution is 5.60. The zero-order chi connectivity index (χ0) is 17.8. The van der Waals surface area contributed by atoms with Crippen molar-refractivity contribution in [3.63, 3.8) is 0 Å². The Morgan fingerprint density at radius 1 is 0.962 bits per heavy atom. The topological polar surface area (TPSA) is 29.3 Å². The Hall–Kier alpha value is -2.39. The third-order valence-electron chi connectivity index (χ3n) is 5.26. The minimum Gasteiger partial charge on any atom is -0.440 e. The van der Waals surface area contributed by atoms with Crippen LogP contribution in [0.3, 0.4) is 0 Å². The number of benzene rings is 2. The molecule has 3 heteroatoms. The summed E-state index contributed by atoms with van der Waals surface area (Å²) in [5.41, 5.74) is 3.87. The average molecular weight is 346 g/mol. The molecule has 1 saturated carbocycles.